The van der Waals surface area contributed by atoms with Crippen LogP contribution in [-0.2, 0) is 0 Å². The highest BCUT2D eigenvalue weighted by molar-refractivity contribution is 5.24. The van der Waals surface area contributed by atoms with Crippen LogP contribution < -0.4 is 0 Å². The summed E-state index contributed by atoms with van der Waals surface area (Å²) < 4.78 is 0. The Hall–Kier alpha value is -0.300. The molecule has 0 aromatic rings. The summed E-state index contributed by atoms with van der Waals surface area (Å²) in [6.07, 6.45) is 9.78. The molecule has 0 bridgehead atoms. The van der Waals surface area contributed by atoms with Gasteiger partial charge in [-0.05, 0) is 77.4 Å². The molecule has 1 aliphatic carbocycles. The smallest absolute Gasteiger partial charge is 0.00134 e. The Bertz CT molecular complexity index is 279. The molecule has 1 heteroatoms. The Balaban J connectivity index is 2.24. The van der Waals surface area contributed by atoms with Crippen molar-refractivity contribution >= 4 is 0 Å². The van der Waals surface area contributed by atoms with E-state index in [1.54, 1.807) is 5.57 Å². The average Bonchev–Trinajstić information content (AvgIpc) is 2.43. The zero-order valence-electron chi connectivity index (χ0n) is 11.3. The Morgan fingerprint density at radius 3 is 2.62 bits per heavy atom. The van der Waals surface area contributed by atoms with Gasteiger partial charge in [-0.25, -0.2) is 0 Å². The molecule has 0 aromatic carbocycles. The maximum atomic E-state index is 2.52. The molecule has 0 N–H and O–H groups in total. The molecule has 1 atom stereocenters. The molecule has 1 nitrogen and oxygen atoms in total. The molecule has 16 heavy (non-hydrogen) atoms. The van der Waals surface area contributed by atoms with Gasteiger partial charge in [-0.15, -0.1) is 0 Å². The molecule has 0 amide bonds. The van der Waals surface area contributed by atoms with Crippen LogP contribution in [0.4, 0.5) is 0 Å². The third-order valence-corrected chi connectivity index (χ3v) is 4.88. The SMILES string of the molecule is CCC1=C(C)CCCC12CCCN(C)CC2. The second-order valence-electron chi connectivity index (χ2n) is 5.90. The minimum Gasteiger partial charge on any atom is -0.306 e. The van der Waals surface area contributed by atoms with Crippen LogP contribution >= 0.6 is 0 Å². The van der Waals surface area contributed by atoms with Gasteiger partial charge >= 0.3 is 0 Å². The summed E-state index contributed by atoms with van der Waals surface area (Å²) in [7, 11) is 2.28. The highest BCUT2D eigenvalue weighted by Crippen LogP contribution is 2.49. The van der Waals surface area contributed by atoms with Gasteiger partial charge in [0.2, 0.25) is 0 Å². The number of likely N-dealkylation sites (tertiary alicyclic amines) is 1. The number of hydrogen-bond acceptors (Lipinski definition) is 1. The highest BCUT2D eigenvalue weighted by Gasteiger charge is 2.37. The lowest BCUT2D eigenvalue weighted by Crippen LogP contribution is -2.29. The van der Waals surface area contributed by atoms with Gasteiger partial charge in [-0.1, -0.05) is 18.1 Å². The van der Waals surface area contributed by atoms with Gasteiger partial charge in [0.05, 0.1) is 0 Å². The Kier molecular flexibility index (Phi) is 3.73. The Labute approximate surface area is 101 Å². The van der Waals surface area contributed by atoms with Crippen molar-refractivity contribution in [2.75, 3.05) is 20.1 Å². The van der Waals surface area contributed by atoms with E-state index < -0.39 is 0 Å². The molecule has 92 valence electrons. The minimum atomic E-state index is 0.599. The van der Waals surface area contributed by atoms with Gasteiger partial charge < -0.3 is 4.90 Å². The van der Waals surface area contributed by atoms with E-state index in [0.717, 1.165) is 0 Å². The predicted molar refractivity (Wildman–Crippen MR) is 70.6 cm³/mol. The van der Waals surface area contributed by atoms with E-state index in [-0.39, 0.29) is 0 Å². The fourth-order valence-corrected chi connectivity index (χ4v) is 4.00. The summed E-state index contributed by atoms with van der Waals surface area (Å²) in [6, 6.07) is 0. The van der Waals surface area contributed by atoms with Crippen molar-refractivity contribution in [2.24, 2.45) is 5.41 Å². The van der Waals surface area contributed by atoms with Crippen molar-refractivity contribution in [3.8, 4) is 0 Å². The van der Waals surface area contributed by atoms with E-state index >= 15 is 0 Å². The van der Waals surface area contributed by atoms with Gasteiger partial charge in [0.25, 0.3) is 0 Å². The third-order valence-electron chi connectivity index (χ3n) is 4.88. The third kappa shape index (κ3) is 2.20. The van der Waals surface area contributed by atoms with Gasteiger partial charge in [0.1, 0.15) is 0 Å². The van der Waals surface area contributed by atoms with Gasteiger partial charge in [-0.2, -0.15) is 0 Å². The van der Waals surface area contributed by atoms with E-state index in [4.69, 9.17) is 0 Å². The first-order valence-electron chi connectivity index (χ1n) is 7.05. The van der Waals surface area contributed by atoms with Crippen molar-refractivity contribution < 1.29 is 0 Å². The van der Waals surface area contributed by atoms with Crippen LogP contribution in [0.15, 0.2) is 11.1 Å². The lowest BCUT2D eigenvalue weighted by Gasteiger charge is -2.40. The fraction of sp³-hybridized carbons (Fsp3) is 0.867. The van der Waals surface area contributed by atoms with Crippen molar-refractivity contribution in [3.63, 3.8) is 0 Å². The van der Waals surface area contributed by atoms with Crippen LogP contribution in [0.3, 0.4) is 0 Å². The molecule has 0 aromatic heterocycles. The van der Waals surface area contributed by atoms with Gasteiger partial charge in [0.15, 0.2) is 0 Å². The average molecular weight is 221 g/mol. The maximum absolute atomic E-state index is 2.52. The summed E-state index contributed by atoms with van der Waals surface area (Å²) in [5.74, 6) is 0. The van der Waals surface area contributed by atoms with Crippen LogP contribution in [0, 0.1) is 5.41 Å². The van der Waals surface area contributed by atoms with Crippen molar-refractivity contribution in [1.82, 2.24) is 4.90 Å². The minimum absolute atomic E-state index is 0.599. The Morgan fingerprint density at radius 1 is 1.12 bits per heavy atom. The van der Waals surface area contributed by atoms with E-state index in [1.165, 1.54) is 58.0 Å². The Morgan fingerprint density at radius 2 is 1.88 bits per heavy atom. The molecule has 0 saturated carbocycles. The topological polar surface area (TPSA) is 3.24 Å². The number of rotatable bonds is 1. The van der Waals surface area contributed by atoms with E-state index in [1.807, 2.05) is 5.57 Å². The van der Waals surface area contributed by atoms with Gasteiger partial charge in [0, 0.05) is 0 Å². The number of allylic oxidation sites excluding steroid dienone is 2. The highest BCUT2D eigenvalue weighted by atomic mass is 15.1. The molecular formula is C15H27N. The molecule has 1 saturated heterocycles. The zero-order valence-corrected chi connectivity index (χ0v) is 11.3. The quantitative estimate of drug-likeness (QED) is 0.605. The zero-order chi connectivity index (χ0) is 11.6. The number of hydrogen-bond donors (Lipinski definition) is 0. The molecule has 0 radical (unpaired) electrons. The first-order chi connectivity index (χ1) is 7.68. The van der Waals surface area contributed by atoms with Crippen LogP contribution in [0.1, 0.15) is 58.8 Å². The van der Waals surface area contributed by atoms with E-state index in [9.17, 15) is 0 Å². The molecule has 1 unspecified atom stereocenters. The lowest BCUT2D eigenvalue weighted by atomic mass is 9.65. The molecule has 2 rings (SSSR count). The van der Waals surface area contributed by atoms with Crippen molar-refractivity contribution in [2.45, 2.75) is 58.8 Å². The molecule has 1 aliphatic heterocycles. The fourth-order valence-electron chi connectivity index (χ4n) is 4.00. The van der Waals surface area contributed by atoms with Crippen molar-refractivity contribution in [1.29, 1.82) is 0 Å². The maximum Gasteiger partial charge on any atom is -0.00134 e. The summed E-state index contributed by atoms with van der Waals surface area (Å²) in [4.78, 5) is 2.52. The second kappa shape index (κ2) is 4.91. The van der Waals surface area contributed by atoms with E-state index in [0.29, 0.717) is 5.41 Å². The van der Waals surface area contributed by atoms with Crippen LogP contribution in [0.2, 0.25) is 0 Å². The summed E-state index contributed by atoms with van der Waals surface area (Å²) >= 11 is 0. The summed E-state index contributed by atoms with van der Waals surface area (Å²) in [5, 5.41) is 0. The van der Waals surface area contributed by atoms with Crippen LogP contribution in [0.5, 0.6) is 0 Å². The first-order valence-corrected chi connectivity index (χ1v) is 7.05. The molecule has 1 heterocycles. The molecule has 1 fully saturated rings. The second-order valence-corrected chi connectivity index (χ2v) is 5.90. The van der Waals surface area contributed by atoms with Crippen LogP contribution in [-0.4, -0.2) is 25.0 Å². The van der Waals surface area contributed by atoms with E-state index in [2.05, 4.69) is 25.8 Å². The normalized spacial score (nSPS) is 33.2. The summed E-state index contributed by atoms with van der Waals surface area (Å²) in [6.45, 7) is 7.35. The summed E-state index contributed by atoms with van der Waals surface area (Å²) in [5.41, 5.74) is 4.15. The van der Waals surface area contributed by atoms with Crippen LogP contribution in [0.25, 0.3) is 0 Å². The lowest BCUT2D eigenvalue weighted by molar-refractivity contribution is 0.245. The standard InChI is InChI=1S/C15H27N/c1-4-14-13(2)7-5-8-15(14)9-6-11-16(3)12-10-15/h4-12H2,1-3H3. The first kappa shape index (κ1) is 12.2. The van der Waals surface area contributed by atoms with Gasteiger partial charge in [-0.3, -0.25) is 0 Å². The molecule has 2 aliphatic rings. The molecular weight excluding hydrogens is 194 g/mol. The largest absolute Gasteiger partial charge is 0.306 e. The predicted octanol–water partition coefficient (Wildman–Crippen LogP) is 4.00. The molecule has 1 spiro atoms. The monoisotopic (exact) mass is 221 g/mol. The number of nitrogens with zero attached hydrogens (tertiary/aromatic N) is 1. The van der Waals surface area contributed by atoms with Crippen molar-refractivity contribution in [3.05, 3.63) is 11.1 Å².